The zero-order valence-corrected chi connectivity index (χ0v) is 9.21. The molecule has 0 aliphatic rings. The van der Waals surface area contributed by atoms with Crippen molar-refractivity contribution < 1.29 is 4.52 Å². The van der Waals surface area contributed by atoms with Crippen LogP contribution in [0.4, 0.5) is 0 Å². The lowest BCUT2D eigenvalue weighted by atomic mass is 10.2. The second-order valence-corrected chi connectivity index (χ2v) is 4.30. The number of thiophene rings is 1. The van der Waals surface area contributed by atoms with Crippen molar-refractivity contribution in [2.24, 2.45) is 0 Å². The van der Waals surface area contributed by atoms with Gasteiger partial charge >= 0.3 is 0 Å². The van der Waals surface area contributed by atoms with E-state index in [2.05, 4.69) is 16.2 Å². The molecule has 2 rings (SSSR count). The molecule has 15 heavy (non-hydrogen) atoms. The van der Waals surface area contributed by atoms with E-state index in [1.54, 1.807) is 6.07 Å². The number of nitriles is 1. The van der Waals surface area contributed by atoms with E-state index in [4.69, 9.17) is 9.78 Å². The van der Waals surface area contributed by atoms with Crippen LogP contribution in [0.1, 0.15) is 31.2 Å². The normalized spacial score (nSPS) is 10.5. The van der Waals surface area contributed by atoms with Gasteiger partial charge in [0.2, 0.25) is 0 Å². The number of nitrogens with zero attached hydrogens (tertiary/aromatic N) is 3. The number of rotatable bonds is 2. The fraction of sp³-hybridized carbons (Fsp3) is 0.300. The minimum Gasteiger partial charge on any atom is -0.333 e. The number of aromatic nitrogens is 2. The lowest BCUT2D eigenvalue weighted by molar-refractivity contribution is 0.420. The molecular formula is C10H9N3OS. The lowest BCUT2D eigenvalue weighted by Gasteiger charge is -1.92. The molecule has 0 amide bonds. The van der Waals surface area contributed by atoms with E-state index in [1.807, 2.05) is 19.2 Å². The Kier molecular flexibility index (Phi) is 2.52. The van der Waals surface area contributed by atoms with Crippen LogP contribution < -0.4 is 0 Å². The molecule has 4 nitrogen and oxygen atoms in total. The average Bonchev–Trinajstić information content (AvgIpc) is 2.85. The standard InChI is InChI=1S/C10H9N3OS/c1-6(2)9-12-10(14-13-9)8-7(5-11)3-4-15-8/h3-4,6H,1-2H3. The van der Waals surface area contributed by atoms with Gasteiger partial charge in [-0.2, -0.15) is 10.2 Å². The molecule has 2 aromatic rings. The van der Waals surface area contributed by atoms with E-state index in [-0.39, 0.29) is 5.92 Å². The van der Waals surface area contributed by atoms with Gasteiger partial charge in [0, 0.05) is 5.92 Å². The van der Waals surface area contributed by atoms with Crippen molar-refractivity contribution in [3.63, 3.8) is 0 Å². The zero-order chi connectivity index (χ0) is 10.8. The van der Waals surface area contributed by atoms with Crippen LogP contribution in [0.5, 0.6) is 0 Å². The highest BCUT2D eigenvalue weighted by Crippen LogP contribution is 2.28. The van der Waals surface area contributed by atoms with Crippen LogP contribution in [0.25, 0.3) is 10.8 Å². The van der Waals surface area contributed by atoms with Crippen molar-refractivity contribution in [3.05, 3.63) is 22.8 Å². The van der Waals surface area contributed by atoms with Gasteiger partial charge in [-0.15, -0.1) is 11.3 Å². The summed E-state index contributed by atoms with van der Waals surface area (Å²) in [4.78, 5) is 4.99. The van der Waals surface area contributed by atoms with Crippen LogP contribution in [-0.4, -0.2) is 10.1 Å². The summed E-state index contributed by atoms with van der Waals surface area (Å²) < 4.78 is 5.11. The molecule has 5 heteroatoms. The van der Waals surface area contributed by atoms with E-state index in [1.165, 1.54) is 11.3 Å². The van der Waals surface area contributed by atoms with Crippen LogP contribution in [0, 0.1) is 11.3 Å². The number of hydrogen-bond acceptors (Lipinski definition) is 5. The minimum atomic E-state index is 0.230. The molecule has 0 saturated carbocycles. The number of hydrogen-bond donors (Lipinski definition) is 0. The van der Waals surface area contributed by atoms with Gasteiger partial charge in [0.05, 0.1) is 5.56 Å². The van der Waals surface area contributed by atoms with Crippen molar-refractivity contribution in [2.45, 2.75) is 19.8 Å². The van der Waals surface area contributed by atoms with Crippen molar-refractivity contribution >= 4 is 11.3 Å². The Morgan fingerprint density at radius 1 is 1.53 bits per heavy atom. The first-order chi connectivity index (χ1) is 7.22. The van der Waals surface area contributed by atoms with Crippen molar-refractivity contribution in [1.29, 1.82) is 5.26 Å². The van der Waals surface area contributed by atoms with Crippen molar-refractivity contribution in [3.8, 4) is 16.8 Å². The van der Waals surface area contributed by atoms with Crippen LogP contribution in [0.15, 0.2) is 16.0 Å². The zero-order valence-electron chi connectivity index (χ0n) is 8.39. The Hall–Kier alpha value is -1.67. The summed E-state index contributed by atoms with van der Waals surface area (Å²) in [7, 11) is 0. The van der Waals surface area contributed by atoms with Gasteiger partial charge < -0.3 is 4.52 Å². The molecule has 0 aliphatic carbocycles. The van der Waals surface area contributed by atoms with Gasteiger partial charge in [0.15, 0.2) is 5.82 Å². The first kappa shape index (κ1) is 9.87. The Labute approximate surface area is 91.2 Å². The van der Waals surface area contributed by atoms with Crippen LogP contribution >= 0.6 is 11.3 Å². The maximum Gasteiger partial charge on any atom is 0.269 e. The van der Waals surface area contributed by atoms with Crippen molar-refractivity contribution in [2.75, 3.05) is 0 Å². The summed E-state index contributed by atoms with van der Waals surface area (Å²) in [5, 5.41) is 14.6. The molecule has 2 aromatic heterocycles. The van der Waals surface area contributed by atoms with Gasteiger partial charge in [-0.3, -0.25) is 0 Å². The molecule has 0 bridgehead atoms. The molecule has 2 heterocycles. The molecule has 0 N–H and O–H groups in total. The Morgan fingerprint density at radius 2 is 2.33 bits per heavy atom. The molecular weight excluding hydrogens is 210 g/mol. The first-order valence-corrected chi connectivity index (χ1v) is 5.42. The monoisotopic (exact) mass is 219 g/mol. The molecule has 0 atom stereocenters. The van der Waals surface area contributed by atoms with Gasteiger partial charge in [0.25, 0.3) is 5.89 Å². The molecule has 0 aromatic carbocycles. The van der Waals surface area contributed by atoms with E-state index < -0.39 is 0 Å². The van der Waals surface area contributed by atoms with Crippen LogP contribution in [-0.2, 0) is 0 Å². The molecule has 76 valence electrons. The quantitative estimate of drug-likeness (QED) is 0.779. The molecule has 0 fully saturated rings. The van der Waals surface area contributed by atoms with Crippen LogP contribution in [0.3, 0.4) is 0 Å². The maximum atomic E-state index is 8.85. The van der Waals surface area contributed by atoms with E-state index in [0.717, 1.165) is 4.88 Å². The maximum absolute atomic E-state index is 8.85. The largest absolute Gasteiger partial charge is 0.333 e. The highest BCUT2D eigenvalue weighted by molar-refractivity contribution is 7.13. The topological polar surface area (TPSA) is 62.7 Å². The fourth-order valence-corrected chi connectivity index (χ4v) is 1.89. The van der Waals surface area contributed by atoms with E-state index in [9.17, 15) is 0 Å². The minimum absolute atomic E-state index is 0.230. The molecule has 0 unspecified atom stereocenters. The third-order valence-electron chi connectivity index (χ3n) is 1.94. The molecule has 0 saturated heterocycles. The second-order valence-electron chi connectivity index (χ2n) is 3.39. The third kappa shape index (κ3) is 1.76. The molecule has 0 spiro atoms. The smallest absolute Gasteiger partial charge is 0.269 e. The van der Waals surface area contributed by atoms with Crippen LogP contribution in [0.2, 0.25) is 0 Å². The second kappa shape index (κ2) is 3.83. The van der Waals surface area contributed by atoms with Gasteiger partial charge in [-0.05, 0) is 11.4 Å². The Morgan fingerprint density at radius 3 is 2.93 bits per heavy atom. The Bertz CT molecular complexity index is 507. The molecule has 0 radical (unpaired) electrons. The van der Waals surface area contributed by atoms with E-state index >= 15 is 0 Å². The third-order valence-corrected chi connectivity index (χ3v) is 2.84. The fourth-order valence-electron chi connectivity index (χ4n) is 1.12. The average molecular weight is 219 g/mol. The highest BCUT2D eigenvalue weighted by Gasteiger charge is 2.15. The van der Waals surface area contributed by atoms with Crippen molar-refractivity contribution in [1.82, 2.24) is 10.1 Å². The summed E-state index contributed by atoms with van der Waals surface area (Å²) in [6, 6.07) is 3.84. The highest BCUT2D eigenvalue weighted by atomic mass is 32.1. The van der Waals surface area contributed by atoms with E-state index in [0.29, 0.717) is 17.3 Å². The first-order valence-electron chi connectivity index (χ1n) is 4.54. The van der Waals surface area contributed by atoms with Gasteiger partial charge in [-0.1, -0.05) is 19.0 Å². The summed E-state index contributed by atoms with van der Waals surface area (Å²) >= 11 is 1.43. The summed E-state index contributed by atoms with van der Waals surface area (Å²) in [6.45, 7) is 3.99. The summed E-state index contributed by atoms with van der Waals surface area (Å²) in [5.41, 5.74) is 0.582. The SMILES string of the molecule is CC(C)c1noc(-c2sccc2C#N)n1. The predicted octanol–water partition coefficient (Wildman–Crippen LogP) is 2.79. The molecule has 0 aliphatic heterocycles. The van der Waals surface area contributed by atoms with Gasteiger partial charge in [0.1, 0.15) is 10.9 Å². The summed E-state index contributed by atoms with van der Waals surface area (Å²) in [6.07, 6.45) is 0. The predicted molar refractivity (Wildman–Crippen MR) is 56.4 cm³/mol. The summed E-state index contributed by atoms with van der Waals surface area (Å²) in [5.74, 6) is 1.33. The Balaban J connectivity index is 2.42. The lowest BCUT2D eigenvalue weighted by Crippen LogP contribution is -1.89. The van der Waals surface area contributed by atoms with Gasteiger partial charge in [-0.25, -0.2) is 0 Å².